The molecule has 0 saturated carbocycles. The number of nitrogens with zero attached hydrogens (tertiary/aromatic N) is 1. The van der Waals surface area contributed by atoms with Gasteiger partial charge in [-0.25, -0.2) is 13.1 Å². The lowest BCUT2D eigenvalue weighted by atomic mass is 10.2. The van der Waals surface area contributed by atoms with E-state index in [4.69, 9.17) is 14.2 Å². The Balaban J connectivity index is 1.44. The first-order valence-electron chi connectivity index (χ1n) is 9.93. The van der Waals surface area contributed by atoms with Crippen LogP contribution in [0.2, 0.25) is 0 Å². The average Bonchev–Trinajstić information content (AvgIpc) is 2.97. The van der Waals surface area contributed by atoms with Gasteiger partial charge in [-0.1, -0.05) is 0 Å². The monoisotopic (exact) mass is 427 g/mol. The number of morpholine rings is 1. The number of hydrogen-bond donors (Lipinski definition) is 2. The number of rotatable bonds is 8. The van der Waals surface area contributed by atoms with Crippen LogP contribution in [-0.2, 0) is 19.6 Å². The first-order chi connectivity index (χ1) is 14.0. The highest BCUT2D eigenvalue weighted by Gasteiger charge is 2.20. The van der Waals surface area contributed by atoms with Crippen LogP contribution in [0.1, 0.15) is 19.8 Å². The van der Waals surface area contributed by atoms with Gasteiger partial charge in [0.25, 0.3) is 0 Å². The van der Waals surface area contributed by atoms with E-state index in [1.165, 1.54) is 12.1 Å². The molecule has 0 bridgehead atoms. The van der Waals surface area contributed by atoms with Gasteiger partial charge < -0.3 is 19.5 Å². The van der Waals surface area contributed by atoms with E-state index in [2.05, 4.69) is 21.9 Å². The van der Waals surface area contributed by atoms with Crippen LogP contribution >= 0.6 is 0 Å². The Bertz CT molecular complexity index is 795. The molecule has 3 rings (SSSR count). The Labute approximate surface area is 171 Å². The number of hydrogen-bond acceptors (Lipinski definition) is 7. The first-order valence-corrected chi connectivity index (χ1v) is 11.4. The molecular formula is C19H29N3O6S. The van der Waals surface area contributed by atoms with Crippen LogP contribution in [0.5, 0.6) is 11.5 Å². The highest BCUT2D eigenvalue weighted by molar-refractivity contribution is 7.89. The molecule has 29 heavy (non-hydrogen) atoms. The summed E-state index contributed by atoms with van der Waals surface area (Å²) >= 11 is 0. The Morgan fingerprint density at radius 2 is 1.86 bits per heavy atom. The van der Waals surface area contributed by atoms with Crippen molar-refractivity contribution in [3.8, 4) is 11.5 Å². The third-order valence-electron chi connectivity index (χ3n) is 4.94. The molecule has 2 heterocycles. The van der Waals surface area contributed by atoms with Crippen LogP contribution in [-0.4, -0.2) is 77.9 Å². The van der Waals surface area contributed by atoms with Gasteiger partial charge in [0.2, 0.25) is 15.9 Å². The second kappa shape index (κ2) is 10.2. The van der Waals surface area contributed by atoms with Crippen molar-refractivity contribution in [1.29, 1.82) is 0 Å². The van der Waals surface area contributed by atoms with Gasteiger partial charge in [-0.05, 0) is 19.1 Å². The molecule has 1 fully saturated rings. The summed E-state index contributed by atoms with van der Waals surface area (Å²) in [6, 6.07) is 4.73. The van der Waals surface area contributed by atoms with E-state index in [9.17, 15) is 13.2 Å². The van der Waals surface area contributed by atoms with E-state index in [1.807, 2.05) is 0 Å². The van der Waals surface area contributed by atoms with Crippen molar-refractivity contribution in [3.05, 3.63) is 18.2 Å². The normalized spacial score (nSPS) is 18.7. The van der Waals surface area contributed by atoms with Gasteiger partial charge in [-0.2, -0.15) is 0 Å². The number of carbonyl (C=O) groups excluding carboxylic acids is 1. The number of nitrogens with one attached hydrogen (secondary N) is 2. The van der Waals surface area contributed by atoms with Crippen molar-refractivity contribution in [2.45, 2.75) is 30.7 Å². The summed E-state index contributed by atoms with van der Waals surface area (Å²) in [4.78, 5) is 14.4. The molecule has 10 heteroatoms. The van der Waals surface area contributed by atoms with Gasteiger partial charge >= 0.3 is 0 Å². The average molecular weight is 428 g/mol. The Morgan fingerprint density at radius 1 is 1.14 bits per heavy atom. The summed E-state index contributed by atoms with van der Waals surface area (Å²) in [6.45, 7) is 6.74. The van der Waals surface area contributed by atoms with Gasteiger partial charge in [0.15, 0.2) is 11.5 Å². The highest BCUT2D eigenvalue weighted by Crippen LogP contribution is 2.31. The predicted molar refractivity (Wildman–Crippen MR) is 107 cm³/mol. The third kappa shape index (κ3) is 6.30. The Kier molecular flexibility index (Phi) is 7.70. The number of benzene rings is 1. The van der Waals surface area contributed by atoms with Gasteiger partial charge in [0.1, 0.15) is 0 Å². The van der Waals surface area contributed by atoms with Crippen molar-refractivity contribution >= 4 is 15.9 Å². The third-order valence-corrected chi connectivity index (χ3v) is 6.40. The summed E-state index contributed by atoms with van der Waals surface area (Å²) in [6.07, 6.45) is 0.813. The summed E-state index contributed by atoms with van der Waals surface area (Å²) < 4.78 is 43.8. The zero-order chi connectivity index (χ0) is 20.7. The zero-order valence-corrected chi connectivity index (χ0v) is 17.5. The molecular weight excluding hydrogens is 398 g/mol. The molecule has 1 unspecified atom stereocenters. The van der Waals surface area contributed by atoms with Crippen LogP contribution in [0.4, 0.5) is 0 Å². The molecule has 1 atom stereocenters. The zero-order valence-electron chi connectivity index (χ0n) is 16.7. The molecule has 9 nitrogen and oxygen atoms in total. The molecule has 0 radical (unpaired) electrons. The molecule has 2 aliphatic rings. The predicted octanol–water partition coefficient (Wildman–Crippen LogP) is 0.353. The van der Waals surface area contributed by atoms with Crippen LogP contribution < -0.4 is 19.5 Å². The summed E-state index contributed by atoms with van der Waals surface area (Å²) in [5.41, 5.74) is 0. The number of ether oxygens (including phenoxy) is 3. The van der Waals surface area contributed by atoms with Crippen molar-refractivity contribution in [2.24, 2.45) is 0 Å². The van der Waals surface area contributed by atoms with Crippen LogP contribution in [0.25, 0.3) is 0 Å². The van der Waals surface area contributed by atoms with Gasteiger partial charge in [-0.15, -0.1) is 0 Å². The molecule has 2 aliphatic heterocycles. The van der Waals surface area contributed by atoms with E-state index in [-0.39, 0.29) is 29.8 Å². The number of carbonyl (C=O) groups is 1. The molecule has 0 spiro atoms. The molecule has 0 aliphatic carbocycles. The fourth-order valence-electron chi connectivity index (χ4n) is 3.19. The lowest BCUT2D eigenvalue weighted by Crippen LogP contribution is -2.47. The minimum atomic E-state index is -3.74. The van der Waals surface area contributed by atoms with Crippen molar-refractivity contribution in [3.63, 3.8) is 0 Å². The summed E-state index contributed by atoms with van der Waals surface area (Å²) in [7, 11) is -3.74. The van der Waals surface area contributed by atoms with E-state index in [0.29, 0.717) is 44.5 Å². The van der Waals surface area contributed by atoms with Crippen molar-refractivity contribution in [2.75, 3.05) is 52.6 Å². The molecule has 2 N–H and O–H groups in total. The van der Waals surface area contributed by atoms with Crippen LogP contribution in [0, 0.1) is 0 Å². The van der Waals surface area contributed by atoms with Crippen molar-refractivity contribution in [1.82, 2.24) is 14.9 Å². The SMILES string of the molecule is CC(CNC(=O)CCNS(=O)(=O)c1ccc2c(c1)OCCCO2)N1CCOCC1. The number of amides is 1. The van der Waals surface area contributed by atoms with E-state index in [1.54, 1.807) is 6.07 Å². The van der Waals surface area contributed by atoms with E-state index < -0.39 is 10.0 Å². The largest absolute Gasteiger partial charge is 0.490 e. The fourth-order valence-corrected chi connectivity index (χ4v) is 4.24. The maximum absolute atomic E-state index is 12.5. The minimum absolute atomic E-state index is 0.0224. The van der Waals surface area contributed by atoms with E-state index >= 15 is 0 Å². The molecule has 0 aromatic heterocycles. The molecule has 1 aromatic rings. The van der Waals surface area contributed by atoms with Crippen LogP contribution in [0.3, 0.4) is 0 Å². The number of fused-ring (bicyclic) bond motifs is 1. The molecule has 1 aromatic carbocycles. The van der Waals surface area contributed by atoms with E-state index in [0.717, 1.165) is 19.5 Å². The Morgan fingerprint density at radius 3 is 2.62 bits per heavy atom. The maximum Gasteiger partial charge on any atom is 0.240 e. The summed E-state index contributed by atoms with van der Waals surface area (Å²) in [5.74, 6) is 0.766. The lowest BCUT2D eigenvalue weighted by Gasteiger charge is -2.32. The highest BCUT2D eigenvalue weighted by atomic mass is 32.2. The van der Waals surface area contributed by atoms with Gasteiger partial charge in [0, 0.05) is 51.1 Å². The second-order valence-electron chi connectivity index (χ2n) is 7.11. The number of sulfonamides is 1. The fraction of sp³-hybridized carbons (Fsp3) is 0.632. The summed E-state index contributed by atoms with van der Waals surface area (Å²) in [5, 5.41) is 2.86. The molecule has 1 saturated heterocycles. The topological polar surface area (TPSA) is 106 Å². The van der Waals surface area contributed by atoms with Gasteiger partial charge in [0.05, 0.1) is 31.3 Å². The molecule has 162 valence electrons. The molecule has 1 amide bonds. The van der Waals surface area contributed by atoms with Gasteiger partial charge in [-0.3, -0.25) is 9.69 Å². The van der Waals surface area contributed by atoms with Crippen LogP contribution in [0.15, 0.2) is 23.1 Å². The first kappa shape index (κ1) is 21.8. The quantitative estimate of drug-likeness (QED) is 0.617. The standard InChI is InChI=1S/C19H29N3O6S/c1-15(22-7-11-26-12-8-22)14-20-19(23)5-6-21-29(24,25)16-3-4-17-18(13-16)28-10-2-9-27-17/h3-4,13,15,21H,2,5-12,14H2,1H3,(H,20,23). The second-order valence-corrected chi connectivity index (χ2v) is 8.88. The minimum Gasteiger partial charge on any atom is -0.490 e. The Hall–Kier alpha value is -1.88. The lowest BCUT2D eigenvalue weighted by molar-refractivity contribution is -0.121. The van der Waals surface area contributed by atoms with Crippen molar-refractivity contribution < 1.29 is 27.4 Å². The maximum atomic E-state index is 12.5. The smallest absolute Gasteiger partial charge is 0.240 e.